The van der Waals surface area contributed by atoms with Crippen LogP contribution in [0.15, 0.2) is 12.1 Å². The number of hydrogen-bond donors (Lipinski definition) is 1. The molecule has 0 aliphatic rings. The zero-order valence-electron chi connectivity index (χ0n) is 7.35. The van der Waals surface area contributed by atoms with Gasteiger partial charge in [-0.1, -0.05) is 23.2 Å². The Morgan fingerprint density at radius 2 is 2.20 bits per heavy atom. The fourth-order valence-corrected chi connectivity index (χ4v) is 1.43. The predicted molar refractivity (Wildman–Crippen MR) is 55.3 cm³/mol. The normalized spacial score (nSPS) is 9.47. The first-order valence-corrected chi connectivity index (χ1v) is 4.61. The van der Waals surface area contributed by atoms with Crippen LogP contribution in [0.3, 0.4) is 0 Å². The molecular weight excluding hydrogens is 242 g/mol. The summed E-state index contributed by atoms with van der Waals surface area (Å²) in [4.78, 5) is 11.0. The van der Waals surface area contributed by atoms with Crippen LogP contribution in [0, 0.1) is 17.1 Å². The Balaban J connectivity index is 2.96. The van der Waals surface area contributed by atoms with Crippen LogP contribution in [-0.4, -0.2) is 5.91 Å². The molecule has 0 aliphatic carbocycles. The minimum atomic E-state index is -0.737. The first kappa shape index (κ1) is 11.8. The number of rotatable bonds is 2. The summed E-state index contributed by atoms with van der Waals surface area (Å²) in [7, 11) is 0. The molecule has 15 heavy (non-hydrogen) atoms. The van der Waals surface area contributed by atoms with Gasteiger partial charge in [0.2, 0.25) is 5.91 Å². The van der Waals surface area contributed by atoms with E-state index in [1.54, 1.807) is 6.07 Å². The van der Waals surface area contributed by atoms with Gasteiger partial charge in [0.1, 0.15) is 12.2 Å². The van der Waals surface area contributed by atoms with Crippen molar-refractivity contribution in [3.05, 3.63) is 28.0 Å². The fraction of sp³-hybridized carbons (Fsp3) is 0.111. The van der Waals surface area contributed by atoms with Crippen molar-refractivity contribution in [2.45, 2.75) is 6.42 Å². The summed E-state index contributed by atoms with van der Waals surface area (Å²) in [5.41, 5.74) is -0.165. The molecule has 0 spiro atoms. The van der Waals surface area contributed by atoms with Gasteiger partial charge < -0.3 is 5.32 Å². The van der Waals surface area contributed by atoms with Gasteiger partial charge >= 0.3 is 0 Å². The van der Waals surface area contributed by atoms with E-state index in [9.17, 15) is 9.18 Å². The second-order valence-electron chi connectivity index (χ2n) is 2.63. The van der Waals surface area contributed by atoms with E-state index >= 15 is 0 Å². The molecule has 3 nitrogen and oxygen atoms in total. The lowest BCUT2D eigenvalue weighted by molar-refractivity contribution is -0.115. The van der Waals surface area contributed by atoms with Crippen LogP contribution in [0.2, 0.25) is 10.0 Å². The molecule has 1 amide bonds. The summed E-state index contributed by atoms with van der Waals surface area (Å²) >= 11 is 11.2. The Morgan fingerprint density at radius 1 is 1.53 bits per heavy atom. The summed E-state index contributed by atoms with van der Waals surface area (Å²) in [5, 5.41) is 10.5. The van der Waals surface area contributed by atoms with Gasteiger partial charge in [0, 0.05) is 5.02 Å². The number of anilines is 1. The molecule has 0 atom stereocenters. The lowest BCUT2D eigenvalue weighted by Gasteiger charge is -2.06. The molecule has 0 aromatic heterocycles. The van der Waals surface area contributed by atoms with E-state index in [0.717, 1.165) is 6.07 Å². The molecule has 1 rings (SSSR count). The van der Waals surface area contributed by atoms with Crippen LogP contribution in [0.25, 0.3) is 0 Å². The zero-order chi connectivity index (χ0) is 11.4. The van der Waals surface area contributed by atoms with Gasteiger partial charge in [-0.2, -0.15) is 5.26 Å². The van der Waals surface area contributed by atoms with Crippen molar-refractivity contribution in [1.82, 2.24) is 0 Å². The molecule has 1 aromatic rings. The first-order chi connectivity index (χ1) is 7.04. The van der Waals surface area contributed by atoms with E-state index in [1.807, 2.05) is 0 Å². The summed E-state index contributed by atoms with van der Waals surface area (Å²) in [6.45, 7) is 0. The van der Waals surface area contributed by atoms with Crippen molar-refractivity contribution < 1.29 is 9.18 Å². The number of amides is 1. The molecule has 78 valence electrons. The number of nitriles is 1. The molecule has 0 saturated carbocycles. The average Bonchev–Trinajstić information content (AvgIpc) is 2.11. The van der Waals surface area contributed by atoms with E-state index < -0.39 is 11.7 Å². The number of carbonyl (C=O) groups is 1. The first-order valence-electron chi connectivity index (χ1n) is 3.86. The highest BCUT2D eigenvalue weighted by atomic mass is 35.5. The molecule has 0 heterocycles. The minimum absolute atomic E-state index is 0.00807. The third-order valence-corrected chi connectivity index (χ3v) is 2.03. The highest BCUT2D eigenvalue weighted by Crippen LogP contribution is 2.28. The molecule has 6 heteroatoms. The average molecular weight is 247 g/mol. The number of benzene rings is 1. The summed E-state index contributed by atoms with van der Waals surface area (Å²) < 4.78 is 13.2. The largest absolute Gasteiger partial charge is 0.321 e. The molecule has 1 aromatic carbocycles. The van der Waals surface area contributed by atoms with Crippen LogP contribution in [0.1, 0.15) is 6.42 Å². The van der Waals surface area contributed by atoms with Crippen LogP contribution < -0.4 is 5.32 Å². The van der Waals surface area contributed by atoms with E-state index in [2.05, 4.69) is 5.32 Å². The smallest absolute Gasteiger partial charge is 0.238 e. The SMILES string of the molecule is N#CCC(=O)Nc1c(F)cc(Cl)cc1Cl. The zero-order valence-corrected chi connectivity index (χ0v) is 8.86. The third kappa shape index (κ3) is 3.08. The molecular formula is C9H5Cl2FN2O. The number of nitrogens with one attached hydrogen (secondary N) is 1. The maximum atomic E-state index is 13.2. The summed E-state index contributed by atoms with van der Waals surface area (Å²) in [6, 6.07) is 3.96. The Labute approximate surface area is 95.4 Å². The molecule has 0 radical (unpaired) electrons. The number of halogens is 3. The van der Waals surface area contributed by atoms with E-state index in [4.69, 9.17) is 28.5 Å². The van der Waals surface area contributed by atoms with Gasteiger partial charge in [-0.05, 0) is 12.1 Å². The van der Waals surface area contributed by atoms with Gasteiger partial charge in [-0.25, -0.2) is 4.39 Å². The van der Waals surface area contributed by atoms with Crippen molar-refractivity contribution in [2.75, 3.05) is 5.32 Å². The number of carbonyl (C=O) groups excluding carboxylic acids is 1. The highest BCUT2D eigenvalue weighted by Gasteiger charge is 2.11. The van der Waals surface area contributed by atoms with E-state index in [0.29, 0.717) is 0 Å². The molecule has 1 N–H and O–H groups in total. The number of hydrogen-bond acceptors (Lipinski definition) is 2. The molecule has 0 bridgehead atoms. The predicted octanol–water partition coefficient (Wildman–Crippen LogP) is 2.98. The molecule has 0 unspecified atom stereocenters. The Bertz CT molecular complexity index is 419. The second-order valence-corrected chi connectivity index (χ2v) is 3.47. The quantitative estimate of drug-likeness (QED) is 0.873. The van der Waals surface area contributed by atoms with E-state index in [-0.39, 0.29) is 22.2 Å². The van der Waals surface area contributed by atoms with E-state index in [1.165, 1.54) is 6.07 Å². The Morgan fingerprint density at radius 3 is 2.73 bits per heavy atom. The minimum Gasteiger partial charge on any atom is -0.321 e. The van der Waals surface area contributed by atoms with Crippen molar-refractivity contribution in [1.29, 1.82) is 5.26 Å². The Kier molecular flexibility index (Phi) is 3.89. The standard InChI is InChI=1S/C9H5Cl2FN2O/c10-5-3-6(11)9(7(12)4-5)14-8(15)1-2-13/h3-4H,1H2,(H,14,15). The molecule has 0 saturated heterocycles. The van der Waals surface area contributed by atoms with Crippen molar-refractivity contribution in [2.24, 2.45) is 0 Å². The van der Waals surface area contributed by atoms with Crippen molar-refractivity contribution >= 4 is 34.8 Å². The third-order valence-electron chi connectivity index (χ3n) is 1.51. The lowest BCUT2D eigenvalue weighted by Crippen LogP contribution is -2.11. The maximum Gasteiger partial charge on any atom is 0.238 e. The van der Waals surface area contributed by atoms with Crippen LogP contribution in [0.4, 0.5) is 10.1 Å². The number of nitrogens with zero attached hydrogens (tertiary/aromatic N) is 1. The monoisotopic (exact) mass is 246 g/mol. The second kappa shape index (κ2) is 4.96. The van der Waals surface area contributed by atoms with Crippen molar-refractivity contribution in [3.8, 4) is 6.07 Å². The van der Waals surface area contributed by atoms with Gasteiger partial charge in [0.25, 0.3) is 0 Å². The van der Waals surface area contributed by atoms with Crippen LogP contribution in [0.5, 0.6) is 0 Å². The molecule has 0 aliphatic heterocycles. The molecule has 0 fully saturated rings. The van der Waals surface area contributed by atoms with Crippen LogP contribution >= 0.6 is 23.2 Å². The topological polar surface area (TPSA) is 52.9 Å². The van der Waals surface area contributed by atoms with Gasteiger partial charge in [-0.15, -0.1) is 0 Å². The van der Waals surface area contributed by atoms with Gasteiger partial charge in [-0.3, -0.25) is 4.79 Å². The van der Waals surface area contributed by atoms with Gasteiger partial charge in [0.05, 0.1) is 16.8 Å². The highest BCUT2D eigenvalue weighted by molar-refractivity contribution is 6.36. The van der Waals surface area contributed by atoms with Crippen LogP contribution in [-0.2, 0) is 4.79 Å². The lowest BCUT2D eigenvalue weighted by atomic mass is 10.3. The maximum absolute atomic E-state index is 13.2. The van der Waals surface area contributed by atoms with Crippen molar-refractivity contribution in [3.63, 3.8) is 0 Å². The fourth-order valence-electron chi connectivity index (χ4n) is 0.917. The summed E-state index contributed by atoms with van der Waals surface area (Å²) in [5.74, 6) is -1.36. The Hall–Kier alpha value is -1.31. The van der Waals surface area contributed by atoms with Gasteiger partial charge in [0.15, 0.2) is 0 Å². The summed E-state index contributed by atoms with van der Waals surface area (Å²) in [6.07, 6.45) is -0.363.